The third-order valence-corrected chi connectivity index (χ3v) is 11.3. The van der Waals surface area contributed by atoms with E-state index in [1.165, 1.54) is 0 Å². The van der Waals surface area contributed by atoms with Crippen LogP contribution in [-0.4, -0.2) is 19.2 Å². The Morgan fingerprint density at radius 1 is 0.933 bits per heavy atom. The van der Waals surface area contributed by atoms with Crippen molar-refractivity contribution >= 4 is 19.2 Å². The minimum atomic E-state index is -3.35. The second-order valence-corrected chi connectivity index (χ2v) is 12.7. The number of hydrogen-bond donors (Lipinski definition) is 0. The van der Waals surface area contributed by atoms with E-state index in [4.69, 9.17) is 16.7 Å². The van der Waals surface area contributed by atoms with Crippen LogP contribution >= 0.6 is 0 Å². The Bertz CT molecular complexity index is 219. The average Bonchev–Trinajstić information content (AvgIpc) is 2.24. The predicted octanol–water partition coefficient (Wildman–Crippen LogP) is 3.02. The van der Waals surface area contributed by atoms with Gasteiger partial charge in [0.1, 0.15) is 0 Å². The van der Waals surface area contributed by atoms with Gasteiger partial charge in [-0.1, -0.05) is 0 Å². The Morgan fingerprint density at radius 3 is 1.60 bits per heavy atom. The molecule has 0 amide bonds. The molecule has 0 aromatic heterocycles. The van der Waals surface area contributed by atoms with E-state index in [2.05, 4.69) is 13.8 Å². The van der Waals surface area contributed by atoms with Gasteiger partial charge in [0, 0.05) is 0 Å². The molecule has 0 N–H and O–H groups in total. The van der Waals surface area contributed by atoms with E-state index >= 15 is 0 Å². The summed E-state index contributed by atoms with van der Waals surface area (Å²) in [6.07, 6.45) is 7.48. The molecule has 0 unspecified atom stereocenters. The summed E-state index contributed by atoms with van der Waals surface area (Å²) in [5, 5.41) is 17.2. The van der Waals surface area contributed by atoms with Crippen LogP contribution in [0.5, 0.6) is 0 Å². The minimum absolute atomic E-state index is 0.798. The first-order valence-electron chi connectivity index (χ1n) is 5.39. The quantitative estimate of drug-likeness (QED) is 0.510. The second-order valence-electron chi connectivity index (χ2n) is 3.50. The molecule has 0 aliphatic carbocycles. The van der Waals surface area contributed by atoms with Gasteiger partial charge in [-0.3, -0.25) is 0 Å². The monoisotopic (exact) mass is 318 g/mol. The van der Waals surface area contributed by atoms with Gasteiger partial charge < -0.3 is 0 Å². The first-order chi connectivity index (χ1) is 7.24. The van der Waals surface area contributed by atoms with Crippen LogP contribution < -0.4 is 0 Å². The van der Waals surface area contributed by atoms with Gasteiger partial charge in [-0.2, -0.15) is 0 Å². The van der Waals surface area contributed by atoms with Gasteiger partial charge in [0.2, 0.25) is 0 Å². The standard InChI is InChI=1S/2C4H9.2CHNO.Sn/c2*1-3-4-2;2*2-1-3;/h2*1,3-4H2,2H3;2*3H;/q;;;;+2/p-2. The fourth-order valence-electron chi connectivity index (χ4n) is 1.41. The fraction of sp³-hybridized carbons (Fsp3) is 0.800. The molecule has 0 bridgehead atoms. The van der Waals surface area contributed by atoms with Crippen LogP contribution in [0.1, 0.15) is 39.5 Å². The van der Waals surface area contributed by atoms with Crippen LogP contribution in [0, 0.1) is 23.0 Å². The zero-order valence-corrected chi connectivity index (χ0v) is 12.3. The molecule has 4 nitrogen and oxygen atoms in total. The van der Waals surface area contributed by atoms with Crippen LogP contribution in [0.4, 0.5) is 0 Å². The topological polar surface area (TPSA) is 66.0 Å². The zero-order chi connectivity index (χ0) is 11.6. The average molecular weight is 317 g/mol. The molecule has 5 heteroatoms. The van der Waals surface area contributed by atoms with Crippen LogP contribution in [0.25, 0.3) is 0 Å². The summed E-state index contributed by atoms with van der Waals surface area (Å²) in [5.41, 5.74) is 0. The molecule has 0 spiro atoms. The summed E-state index contributed by atoms with van der Waals surface area (Å²) in [6, 6.07) is 0. The van der Waals surface area contributed by atoms with E-state index in [0.29, 0.717) is 0 Å². The second kappa shape index (κ2) is 8.67. The van der Waals surface area contributed by atoms with Gasteiger partial charge in [-0.05, 0) is 0 Å². The van der Waals surface area contributed by atoms with E-state index in [-0.39, 0.29) is 0 Å². The van der Waals surface area contributed by atoms with Crippen molar-refractivity contribution in [3.63, 3.8) is 0 Å². The van der Waals surface area contributed by atoms with Gasteiger partial charge in [-0.25, -0.2) is 0 Å². The van der Waals surface area contributed by atoms with E-state index in [9.17, 15) is 0 Å². The molecule has 0 heterocycles. The van der Waals surface area contributed by atoms with Gasteiger partial charge >= 0.3 is 96.8 Å². The summed E-state index contributed by atoms with van der Waals surface area (Å²) < 4.78 is 11.9. The van der Waals surface area contributed by atoms with Crippen molar-refractivity contribution in [1.82, 2.24) is 0 Å². The number of hydrogen-bond acceptors (Lipinski definition) is 4. The van der Waals surface area contributed by atoms with E-state index in [1.807, 2.05) is 0 Å². The molecule has 0 aliphatic heterocycles. The molecule has 0 aliphatic rings. The number of rotatable bonds is 8. The number of nitrogens with zero attached hydrogens (tertiary/aromatic N) is 2. The molecule has 0 saturated heterocycles. The number of nitriles is 2. The van der Waals surface area contributed by atoms with Crippen LogP contribution in [0.3, 0.4) is 0 Å². The van der Waals surface area contributed by atoms with E-state index in [1.54, 1.807) is 12.5 Å². The summed E-state index contributed by atoms with van der Waals surface area (Å²) in [7, 11) is 0. The van der Waals surface area contributed by atoms with Gasteiger partial charge in [0.05, 0.1) is 0 Å². The molecular weight excluding hydrogens is 299 g/mol. The van der Waals surface area contributed by atoms with Crippen molar-refractivity contribution in [3.05, 3.63) is 0 Å². The van der Waals surface area contributed by atoms with E-state index < -0.39 is 19.2 Å². The molecule has 0 aromatic rings. The predicted molar refractivity (Wildman–Crippen MR) is 58.6 cm³/mol. The van der Waals surface area contributed by atoms with E-state index in [0.717, 1.165) is 34.6 Å². The Kier molecular flexibility index (Phi) is 8.31. The molecule has 0 rings (SSSR count). The van der Waals surface area contributed by atoms with Crippen molar-refractivity contribution in [2.75, 3.05) is 0 Å². The Morgan fingerprint density at radius 2 is 1.33 bits per heavy atom. The molecule has 0 aromatic carbocycles. The summed E-state index contributed by atoms with van der Waals surface area (Å²) in [6.45, 7) is 4.16. The fourth-order valence-corrected chi connectivity index (χ4v) is 9.45. The molecule has 0 radical (unpaired) electrons. The molecule has 84 valence electrons. The summed E-state index contributed by atoms with van der Waals surface area (Å²) in [4.78, 5) is 0. The maximum atomic E-state index is 8.62. The Balaban J connectivity index is 4.43. The first kappa shape index (κ1) is 14.4. The van der Waals surface area contributed by atoms with Crippen LogP contribution in [0.15, 0.2) is 0 Å². The third kappa shape index (κ3) is 5.74. The van der Waals surface area contributed by atoms with Gasteiger partial charge in [0.25, 0.3) is 0 Å². The van der Waals surface area contributed by atoms with Crippen molar-refractivity contribution in [2.24, 2.45) is 0 Å². The Hall–Kier alpha value is -0.621. The molecule has 15 heavy (non-hydrogen) atoms. The Labute approximate surface area is 96.8 Å². The zero-order valence-electron chi connectivity index (χ0n) is 9.45. The summed E-state index contributed by atoms with van der Waals surface area (Å²) in [5.74, 6) is 0. The van der Waals surface area contributed by atoms with Crippen LogP contribution in [-0.2, 0) is 6.15 Å². The molecular formula is C10H18N2O2Sn. The van der Waals surface area contributed by atoms with Crippen LogP contribution in [0.2, 0.25) is 8.87 Å². The first-order valence-corrected chi connectivity index (χ1v) is 11.8. The van der Waals surface area contributed by atoms with Crippen molar-refractivity contribution in [3.8, 4) is 12.5 Å². The molecule has 0 atom stereocenters. The SMILES string of the molecule is CCC[CH2][Sn]([CH2]CCC)([O]C#N)[O]C#N. The van der Waals surface area contributed by atoms with Crippen molar-refractivity contribution < 1.29 is 6.15 Å². The number of unbranched alkanes of at least 4 members (excludes halogenated alkanes) is 2. The van der Waals surface area contributed by atoms with Gasteiger partial charge in [0.15, 0.2) is 0 Å². The van der Waals surface area contributed by atoms with Crippen molar-refractivity contribution in [1.29, 1.82) is 10.5 Å². The van der Waals surface area contributed by atoms with Gasteiger partial charge in [-0.15, -0.1) is 0 Å². The normalized spacial score (nSPS) is 10.1. The maximum absolute atomic E-state index is 8.62. The van der Waals surface area contributed by atoms with Crippen molar-refractivity contribution in [2.45, 2.75) is 48.4 Å². The summed E-state index contributed by atoms with van der Waals surface area (Å²) >= 11 is -3.35. The molecule has 0 fully saturated rings. The third-order valence-electron chi connectivity index (χ3n) is 2.29. The molecule has 0 saturated carbocycles.